The van der Waals surface area contributed by atoms with Crippen LogP contribution in [0.25, 0.3) is 0 Å². The molecule has 0 fully saturated rings. The standard InChI is InChI=1S/C19H15NO4/c1-12-6-5-7-13(2)17(12)24-16(21)10-11-20-18(22)14-8-3-4-9-15(14)19(20)23/h3-11H,1-2H3/b11-10+. The molecule has 1 aliphatic heterocycles. The van der Waals surface area contributed by atoms with Crippen molar-refractivity contribution in [2.45, 2.75) is 13.8 Å². The summed E-state index contributed by atoms with van der Waals surface area (Å²) in [7, 11) is 0. The minimum absolute atomic E-state index is 0.329. The molecule has 0 bridgehead atoms. The summed E-state index contributed by atoms with van der Waals surface area (Å²) in [4.78, 5) is 37.3. The molecule has 0 aromatic heterocycles. The van der Waals surface area contributed by atoms with E-state index in [9.17, 15) is 14.4 Å². The molecule has 1 heterocycles. The van der Waals surface area contributed by atoms with Crippen LogP contribution in [0, 0.1) is 13.8 Å². The van der Waals surface area contributed by atoms with Crippen LogP contribution < -0.4 is 4.74 Å². The van der Waals surface area contributed by atoms with Crippen molar-refractivity contribution in [1.29, 1.82) is 0 Å². The second-order valence-corrected chi connectivity index (χ2v) is 5.48. The third kappa shape index (κ3) is 2.72. The summed E-state index contributed by atoms with van der Waals surface area (Å²) >= 11 is 0. The van der Waals surface area contributed by atoms with Crippen LogP contribution in [-0.4, -0.2) is 22.7 Å². The van der Waals surface area contributed by atoms with Crippen LogP contribution in [0.5, 0.6) is 5.75 Å². The lowest BCUT2D eigenvalue weighted by Crippen LogP contribution is -2.24. The van der Waals surface area contributed by atoms with Crippen LogP contribution in [0.2, 0.25) is 0 Å². The van der Waals surface area contributed by atoms with Crippen molar-refractivity contribution >= 4 is 17.8 Å². The Balaban J connectivity index is 1.76. The normalized spacial score (nSPS) is 13.5. The number of esters is 1. The van der Waals surface area contributed by atoms with E-state index < -0.39 is 17.8 Å². The summed E-state index contributed by atoms with van der Waals surface area (Å²) in [6, 6.07) is 12.1. The predicted molar refractivity (Wildman–Crippen MR) is 87.6 cm³/mol. The molecule has 0 aliphatic carbocycles. The number of rotatable bonds is 3. The molecule has 0 unspecified atom stereocenters. The van der Waals surface area contributed by atoms with Gasteiger partial charge in [0.05, 0.1) is 11.1 Å². The van der Waals surface area contributed by atoms with Crippen LogP contribution in [0.1, 0.15) is 31.8 Å². The fourth-order valence-electron chi connectivity index (χ4n) is 2.57. The quantitative estimate of drug-likeness (QED) is 0.377. The molecule has 3 rings (SSSR count). The average Bonchev–Trinajstić information content (AvgIpc) is 2.81. The Labute approximate surface area is 139 Å². The van der Waals surface area contributed by atoms with Crippen molar-refractivity contribution in [1.82, 2.24) is 4.90 Å². The molecule has 2 aromatic carbocycles. The molecule has 24 heavy (non-hydrogen) atoms. The number of fused-ring (bicyclic) bond motifs is 1. The van der Waals surface area contributed by atoms with E-state index in [0.717, 1.165) is 28.3 Å². The lowest BCUT2D eigenvalue weighted by molar-refractivity contribution is -0.129. The first-order valence-electron chi connectivity index (χ1n) is 7.42. The molecule has 2 aromatic rings. The zero-order valence-corrected chi connectivity index (χ0v) is 13.3. The molecule has 5 nitrogen and oxygen atoms in total. The topological polar surface area (TPSA) is 63.7 Å². The number of imide groups is 1. The van der Waals surface area contributed by atoms with Gasteiger partial charge in [-0.2, -0.15) is 0 Å². The zero-order chi connectivity index (χ0) is 17.3. The molecule has 0 spiro atoms. The largest absolute Gasteiger partial charge is 0.423 e. The van der Waals surface area contributed by atoms with Gasteiger partial charge in [-0.05, 0) is 37.1 Å². The van der Waals surface area contributed by atoms with Crippen molar-refractivity contribution in [2.24, 2.45) is 0 Å². The van der Waals surface area contributed by atoms with Gasteiger partial charge in [0.1, 0.15) is 5.75 Å². The molecular weight excluding hydrogens is 306 g/mol. The Bertz CT molecular complexity index is 827. The maximum atomic E-state index is 12.2. The second-order valence-electron chi connectivity index (χ2n) is 5.48. The van der Waals surface area contributed by atoms with Crippen molar-refractivity contribution < 1.29 is 19.1 Å². The summed E-state index contributed by atoms with van der Waals surface area (Å²) in [5.74, 6) is -1.07. The number of aryl methyl sites for hydroxylation is 2. The number of amides is 2. The second kappa shape index (κ2) is 6.12. The van der Waals surface area contributed by atoms with Crippen LogP contribution in [-0.2, 0) is 4.79 Å². The van der Waals surface area contributed by atoms with Gasteiger partial charge in [0, 0.05) is 12.3 Å². The van der Waals surface area contributed by atoms with E-state index >= 15 is 0 Å². The van der Waals surface area contributed by atoms with Gasteiger partial charge in [-0.1, -0.05) is 30.3 Å². The summed E-state index contributed by atoms with van der Waals surface area (Å²) in [6.07, 6.45) is 2.23. The van der Waals surface area contributed by atoms with Gasteiger partial charge in [-0.25, -0.2) is 9.69 Å². The minimum Gasteiger partial charge on any atom is -0.423 e. The number of ether oxygens (including phenoxy) is 1. The highest BCUT2D eigenvalue weighted by atomic mass is 16.5. The van der Waals surface area contributed by atoms with E-state index in [1.165, 1.54) is 0 Å². The van der Waals surface area contributed by atoms with Crippen LogP contribution >= 0.6 is 0 Å². The first kappa shape index (κ1) is 15.7. The van der Waals surface area contributed by atoms with E-state index in [1.54, 1.807) is 24.3 Å². The molecule has 0 atom stereocenters. The van der Waals surface area contributed by atoms with E-state index in [2.05, 4.69) is 0 Å². The molecule has 0 radical (unpaired) electrons. The zero-order valence-electron chi connectivity index (χ0n) is 13.3. The van der Waals surface area contributed by atoms with Crippen molar-refractivity contribution in [3.63, 3.8) is 0 Å². The monoisotopic (exact) mass is 321 g/mol. The molecule has 5 heteroatoms. The Morgan fingerprint density at radius 3 is 2.00 bits per heavy atom. The molecule has 0 saturated heterocycles. The molecule has 0 N–H and O–H groups in total. The first-order valence-corrected chi connectivity index (χ1v) is 7.42. The van der Waals surface area contributed by atoms with Gasteiger partial charge in [-0.15, -0.1) is 0 Å². The highest BCUT2D eigenvalue weighted by molar-refractivity contribution is 6.22. The van der Waals surface area contributed by atoms with Gasteiger partial charge >= 0.3 is 5.97 Å². The first-order chi connectivity index (χ1) is 11.5. The number of carbonyl (C=O) groups excluding carboxylic acids is 3. The number of hydrogen-bond acceptors (Lipinski definition) is 4. The third-order valence-electron chi connectivity index (χ3n) is 3.80. The fourth-order valence-corrected chi connectivity index (χ4v) is 2.57. The molecule has 2 amide bonds. The Morgan fingerprint density at radius 2 is 1.46 bits per heavy atom. The van der Waals surface area contributed by atoms with Crippen LogP contribution in [0.4, 0.5) is 0 Å². The molecule has 1 aliphatic rings. The highest BCUT2D eigenvalue weighted by Crippen LogP contribution is 2.24. The average molecular weight is 321 g/mol. The van der Waals surface area contributed by atoms with E-state index in [4.69, 9.17) is 4.74 Å². The van der Waals surface area contributed by atoms with E-state index in [1.807, 2.05) is 32.0 Å². The third-order valence-corrected chi connectivity index (χ3v) is 3.80. The fraction of sp³-hybridized carbons (Fsp3) is 0.105. The van der Waals surface area contributed by atoms with E-state index in [0.29, 0.717) is 16.9 Å². The molecule has 0 saturated carbocycles. The summed E-state index contributed by atoms with van der Waals surface area (Å²) in [5.41, 5.74) is 2.32. The Hall–Kier alpha value is -3.21. The highest BCUT2D eigenvalue weighted by Gasteiger charge is 2.33. The van der Waals surface area contributed by atoms with Gasteiger partial charge in [0.15, 0.2) is 0 Å². The molecule has 120 valence electrons. The van der Waals surface area contributed by atoms with Crippen molar-refractivity contribution in [3.05, 3.63) is 77.0 Å². The van der Waals surface area contributed by atoms with Crippen LogP contribution in [0.3, 0.4) is 0 Å². The molecular formula is C19H15NO4. The summed E-state index contributed by atoms with van der Waals surface area (Å²) in [5, 5.41) is 0. The predicted octanol–water partition coefficient (Wildman–Crippen LogP) is 3.02. The van der Waals surface area contributed by atoms with Gasteiger partial charge in [0.25, 0.3) is 11.8 Å². The maximum absolute atomic E-state index is 12.2. The van der Waals surface area contributed by atoms with Crippen molar-refractivity contribution in [2.75, 3.05) is 0 Å². The maximum Gasteiger partial charge on any atom is 0.337 e. The van der Waals surface area contributed by atoms with Gasteiger partial charge < -0.3 is 4.74 Å². The summed E-state index contributed by atoms with van der Waals surface area (Å²) < 4.78 is 5.31. The van der Waals surface area contributed by atoms with Crippen LogP contribution in [0.15, 0.2) is 54.7 Å². The number of carbonyl (C=O) groups is 3. The SMILES string of the molecule is Cc1cccc(C)c1OC(=O)/C=C/N1C(=O)c2ccccc2C1=O. The smallest absolute Gasteiger partial charge is 0.337 e. The number of hydrogen-bond donors (Lipinski definition) is 0. The Morgan fingerprint density at radius 1 is 0.917 bits per heavy atom. The number of benzene rings is 2. The van der Waals surface area contributed by atoms with Gasteiger partial charge in [0.2, 0.25) is 0 Å². The van der Waals surface area contributed by atoms with E-state index in [-0.39, 0.29) is 0 Å². The number of para-hydroxylation sites is 1. The Kier molecular flexibility index (Phi) is 4.00. The summed E-state index contributed by atoms with van der Waals surface area (Å²) in [6.45, 7) is 3.67. The minimum atomic E-state index is -0.649. The number of nitrogens with zero attached hydrogens (tertiary/aromatic N) is 1. The van der Waals surface area contributed by atoms with Crippen molar-refractivity contribution in [3.8, 4) is 5.75 Å². The lowest BCUT2D eigenvalue weighted by Gasteiger charge is -2.09. The van der Waals surface area contributed by atoms with Gasteiger partial charge in [-0.3, -0.25) is 9.59 Å². The lowest BCUT2D eigenvalue weighted by atomic mass is 10.1.